The Morgan fingerprint density at radius 3 is 1.41 bits per heavy atom. The van der Waals surface area contributed by atoms with Gasteiger partial charge in [-0.15, -0.1) is 12.4 Å². The lowest BCUT2D eigenvalue weighted by Crippen LogP contribution is -2.16. The summed E-state index contributed by atoms with van der Waals surface area (Å²) in [5, 5.41) is 15.2. The lowest BCUT2D eigenvalue weighted by molar-refractivity contribution is 0.470. The number of benzene rings is 6. The van der Waals surface area contributed by atoms with Gasteiger partial charge in [-0.2, -0.15) is 0 Å². The molecule has 2 aliphatic heterocycles. The van der Waals surface area contributed by atoms with Crippen LogP contribution in [-0.2, 0) is 51.4 Å². The summed E-state index contributed by atoms with van der Waals surface area (Å²) in [7, 11) is 0. The molecule has 8 aromatic rings. The number of rotatable bonds is 10. The van der Waals surface area contributed by atoms with E-state index < -0.39 is 0 Å². The standard InChI is InChI=1S/C50H50N4O.ClH/c1-3-15-37-33(9-1)21-23-47(39(37)17-5-11-35-13-7-19-45-49(35)41-25-29-51-31-27-43(41)53-45)55-48-24-22-34-10-2-4-16-38(34)40(48)18-6-12-36-14-8-20-46-50(36)42-26-30-52-32-28-44(42)54-46;/h1-4,7-10,13-16,19-24,51-54H,5-6,11-12,17-18,25-32H2;1H. The fraction of sp³-hybridized carbons (Fsp3) is 0.280. The van der Waals surface area contributed by atoms with Gasteiger partial charge in [0.2, 0.25) is 0 Å². The van der Waals surface area contributed by atoms with Crippen LogP contribution in [0.15, 0.2) is 109 Å². The van der Waals surface area contributed by atoms with Crippen molar-refractivity contribution < 1.29 is 4.74 Å². The molecular formula is C50H51ClN4O. The van der Waals surface area contributed by atoms with Gasteiger partial charge in [0.25, 0.3) is 0 Å². The molecule has 0 aliphatic carbocycles. The molecule has 0 fully saturated rings. The summed E-state index contributed by atoms with van der Waals surface area (Å²) in [4.78, 5) is 7.53. The molecule has 5 nitrogen and oxygen atoms in total. The zero-order valence-corrected chi connectivity index (χ0v) is 32.9. The highest BCUT2D eigenvalue weighted by atomic mass is 35.5. The van der Waals surface area contributed by atoms with Gasteiger partial charge in [-0.1, -0.05) is 84.9 Å². The van der Waals surface area contributed by atoms with Crippen LogP contribution in [0.2, 0.25) is 0 Å². The maximum absolute atomic E-state index is 7.13. The van der Waals surface area contributed by atoms with E-state index in [1.54, 1.807) is 0 Å². The van der Waals surface area contributed by atoms with Crippen LogP contribution in [0.1, 0.15) is 57.6 Å². The zero-order chi connectivity index (χ0) is 36.6. The maximum atomic E-state index is 7.13. The second kappa shape index (κ2) is 16.2. The highest BCUT2D eigenvalue weighted by Gasteiger charge is 2.20. The van der Waals surface area contributed by atoms with E-state index in [2.05, 4.69) is 130 Å². The van der Waals surface area contributed by atoms with Gasteiger partial charge >= 0.3 is 0 Å². The first-order valence-corrected chi connectivity index (χ1v) is 20.6. The number of halogens is 1. The van der Waals surface area contributed by atoms with Crippen molar-refractivity contribution >= 4 is 55.8 Å². The summed E-state index contributed by atoms with van der Waals surface area (Å²) in [5.74, 6) is 1.95. The van der Waals surface area contributed by atoms with Crippen molar-refractivity contribution in [1.82, 2.24) is 20.6 Å². The molecule has 2 aliphatic rings. The number of aryl methyl sites for hydroxylation is 4. The molecule has 6 heteroatoms. The third-order valence-corrected chi connectivity index (χ3v) is 12.4. The molecule has 0 unspecified atom stereocenters. The van der Waals surface area contributed by atoms with Crippen molar-refractivity contribution in [2.24, 2.45) is 0 Å². The first kappa shape index (κ1) is 36.6. The molecule has 0 saturated heterocycles. The largest absolute Gasteiger partial charge is 0.457 e. The van der Waals surface area contributed by atoms with Crippen LogP contribution in [0.25, 0.3) is 43.4 Å². The minimum absolute atomic E-state index is 0. The Balaban J connectivity index is 0.00000410. The van der Waals surface area contributed by atoms with Crippen molar-refractivity contribution in [1.29, 1.82) is 0 Å². The van der Waals surface area contributed by atoms with E-state index in [4.69, 9.17) is 4.74 Å². The molecule has 6 aromatic carbocycles. The van der Waals surface area contributed by atoms with Gasteiger partial charge in [0, 0.05) is 70.3 Å². The summed E-state index contributed by atoms with van der Waals surface area (Å²) in [5.41, 5.74) is 14.0. The van der Waals surface area contributed by atoms with Gasteiger partial charge in [0.05, 0.1) is 0 Å². The first-order chi connectivity index (χ1) is 27.3. The van der Waals surface area contributed by atoms with Gasteiger partial charge < -0.3 is 25.3 Å². The van der Waals surface area contributed by atoms with Gasteiger partial charge in [-0.05, 0) is 133 Å². The molecule has 4 N–H and O–H groups in total. The number of aromatic nitrogens is 2. The van der Waals surface area contributed by atoms with Gasteiger partial charge in [-0.25, -0.2) is 0 Å². The van der Waals surface area contributed by atoms with Crippen molar-refractivity contribution in [3.05, 3.63) is 154 Å². The number of ether oxygens (including phenoxy) is 1. The van der Waals surface area contributed by atoms with E-state index in [1.807, 2.05) is 0 Å². The molecule has 0 spiro atoms. The number of aromatic amines is 2. The molecule has 0 amide bonds. The SMILES string of the molecule is Cl.c1ccc2c(CCCc3cccc4[nH]c5c(c34)CCNCC5)c(Oc3ccc4ccccc4c3CCCc3cccc4[nH]c5c(c34)CCNCC5)ccc2c1. The van der Waals surface area contributed by atoms with Crippen LogP contribution >= 0.6 is 12.4 Å². The van der Waals surface area contributed by atoms with Gasteiger partial charge in [0.1, 0.15) is 11.5 Å². The minimum Gasteiger partial charge on any atom is -0.457 e. The van der Waals surface area contributed by atoms with E-state index in [-0.39, 0.29) is 12.4 Å². The second-order valence-electron chi connectivity index (χ2n) is 15.7. The summed E-state index contributed by atoms with van der Waals surface area (Å²) in [6, 6.07) is 40.2. The summed E-state index contributed by atoms with van der Waals surface area (Å²) >= 11 is 0. The Labute approximate surface area is 335 Å². The third kappa shape index (κ3) is 6.98. The van der Waals surface area contributed by atoms with Crippen molar-refractivity contribution in [2.45, 2.75) is 64.2 Å². The number of fused-ring (bicyclic) bond motifs is 8. The number of hydrogen-bond donors (Lipinski definition) is 4. The Kier molecular flexibility index (Phi) is 10.6. The van der Waals surface area contributed by atoms with Crippen LogP contribution in [-0.4, -0.2) is 36.1 Å². The number of nitrogens with one attached hydrogen (secondary N) is 4. The average molecular weight is 759 g/mol. The lowest BCUT2D eigenvalue weighted by atomic mass is 9.94. The third-order valence-electron chi connectivity index (χ3n) is 12.4. The van der Waals surface area contributed by atoms with E-state index in [9.17, 15) is 0 Å². The molecule has 2 aromatic heterocycles. The van der Waals surface area contributed by atoms with Crippen LogP contribution in [0, 0.1) is 0 Å². The quantitative estimate of drug-likeness (QED) is 0.112. The highest BCUT2D eigenvalue weighted by molar-refractivity contribution is 5.91. The van der Waals surface area contributed by atoms with Crippen LogP contribution in [0.3, 0.4) is 0 Å². The minimum atomic E-state index is 0. The molecule has 56 heavy (non-hydrogen) atoms. The fourth-order valence-electron chi connectivity index (χ4n) is 9.77. The first-order valence-electron chi connectivity index (χ1n) is 20.6. The summed E-state index contributed by atoms with van der Waals surface area (Å²) < 4.78 is 7.13. The second-order valence-corrected chi connectivity index (χ2v) is 15.7. The molecular weight excluding hydrogens is 708 g/mol. The Bertz CT molecular complexity index is 2490. The Hall–Kier alpha value is -5.07. The van der Waals surface area contributed by atoms with Crippen molar-refractivity contribution in [3.8, 4) is 11.5 Å². The fourth-order valence-corrected chi connectivity index (χ4v) is 9.77. The molecule has 0 saturated carbocycles. The van der Waals surface area contributed by atoms with Crippen LogP contribution in [0.5, 0.6) is 11.5 Å². The zero-order valence-electron chi connectivity index (χ0n) is 32.1. The molecule has 0 bridgehead atoms. The highest BCUT2D eigenvalue weighted by Crippen LogP contribution is 2.38. The lowest BCUT2D eigenvalue weighted by Gasteiger charge is -2.18. The monoisotopic (exact) mass is 758 g/mol. The van der Waals surface area contributed by atoms with Gasteiger partial charge in [-0.3, -0.25) is 0 Å². The van der Waals surface area contributed by atoms with Crippen LogP contribution < -0.4 is 15.4 Å². The summed E-state index contributed by atoms with van der Waals surface area (Å²) in [6.07, 6.45) is 10.4. The normalized spacial score (nSPS) is 14.4. The average Bonchev–Trinajstić information content (AvgIpc) is 3.54. The van der Waals surface area contributed by atoms with E-state index in [1.165, 1.54) is 88.1 Å². The van der Waals surface area contributed by atoms with E-state index in [0.29, 0.717) is 0 Å². The molecule has 4 heterocycles. The number of hydrogen-bond acceptors (Lipinski definition) is 3. The summed E-state index contributed by atoms with van der Waals surface area (Å²) in [6.45, 7) is 4.18. The Morgan fingerprint density at radius 2 is 0.911 bits per heavy atom. The van der Waals surface area contributed by atoms with Crippen molar-refractivity contribution in [2.75, 3.05) is 26.2 Å². The van der Waals surface area contributed by atoms with E-state index >= 15 is 0 Å². The van der Waals surface area contributed by atoms with Crippen molar-refractivity contribution in [3.63, 3.8) is 0 Å². The van der Waals surface area contributed by atoms with E-state index in [0.717, 1.165) is 102 Å². The number of H-pyrrole nitrogens is 2. The van der Waals surface area contributed by atoms with Gasteiger partial charge in [0.15, 0.2) is 0 Å². The molecule has 0 radical (unpaired) electrons. The topological polar surface area (TPSA) is 64.9 Å². The maximum Gasteiger partial charge on any atom is 0.131 e. The van der Waals surface area contributed by atoms with Crippen LogP contribution in [0.4, 0.5) is 0 Å². The molecule has 0 atom stereocenters. The Morgan fingerprint density at radius 1 is 0.446 bits per heavy atom. The molecule has 284 valence electrons. The predicted molar refractivity (Wildman–Crippen MR) is 236 cm³/mol. The predicted octanol–water partition coefficient (Wildman–Crippen LogP) is 10.9. The smallest absolute Gasteiger partial charge is 0.131 e. The molecule has 10 rings (SSSR count).